The van der Waals surface area contributed by atoms with Crippen LogP contribution in [0, 0.1) is 6.92 Å². The third-order valence-corrected chi connectivity index (χ3v) is 5.99. The Morgan fingerprint density at radius 1 is 1.20 bits per heavy atom. The molecular weight excluding hydrogens is 356 g/mol. The van der Waals surface area contributed by atoms with E-state index in [-0.39, 0.29) is 11.4 Å². The number of aromatic nitrogens is 1. The lowest BCUT2D eigenvalue weighted by Gasteiger charge is -2.12. The van der Waals surface area contributed by atoms with Crippen molar-refractivity contribution in [2.45, 2.75) is 18.4 Å². The van der Waals surface area contributed by atoms with Gasteiger partial charge in [-0.05, 0) is 53.8 Å². The first-order valence-corrected chi connectivity index (χ1v) is 9.99. The second kappa shape index (κ2) is 7.35. The SMILES string of the molecule is COc1ccc(C)cc1S(=O)(=O)NCc1ccnc(-c2cccs2)c1. The molecule has 0 aliphatic rings. The lowest BCUT2D eigenvalue weighted by Crippen LogP contribution is -2.24. The lowest BCUT2D eigenvalue weighted by molar-refractivity contribution is 0.402. The van der Waals surface area contributed by atoms with Crippen LogP contribution in [-0.2, 0) is 16.6 Å². The Labute approximate surface area is 151 Å². The van der Waals surface area contributed by atoms with E-state index in [1.165, 1.54) is 7.11 Å². The number of nitrogens with one attached hydrogen (secondary N) is 1. The zero-order valence-electron chi connectivity index (χ0n) is 13.9. The first kappa shape index (κ1) is 17.6. The fourth-order valence-electron chi connectivity index (χ4n) is 2.39. The molecule has 2 aromatic heterocycles. The summed E-state index contributed by atoms with van der Waals surface area (Å²) in [7, 11) is -2.22. The Kier molecular flexibility index (Phi) is 5.17. The number of aryl methyl sites for hydroxylation is 1. The fraction of sp³-hybridized carbons (Fsp3) is 0.167. The summed E-state index contributed by atoms with van der Waals surface area (Å²) in [4.78, 5) is 5.52. The van der Waals surface area contributed by atoms with Crippen molar-refractivity contribution >= 4 is 21.4 Å². The van der Waals surface area contributed by atoms with Gasteiger partial charge in [0.25, 0.3) is 0 Å². The number of thiophene rings is 1. The number of rotatable bonds is 6. The van der Waals surface area contributed by atoms with E-state index in [4.69, 9.17) is 4.74 Å². The van der Waals surface area contributed by atoms with Crippen molar-refractivity contribution in [3.05, 3.63) is 65.2 Å². The predicted octanol–water partition coefficient (Wildman–Crippen LogP) is 3.61. The molecular formula is C18H18N2O3S2. The molecule has 0 spiro atoms. The maximum absolute atomic E-state index is 12.6. The van der Waals surface area contributed by atoms with Crippen LogP contribution in [-0.4, -0.2) is 20.5 Å². The van der Waals surface area contributed by atoms with E-state index >= 15 is 0 Å². The van der Waals surface area contributed by atoms with Gasteiger partial charge < -0.3 is 4.74 Å². The summed E-state index contributed by atoms with van der Waals surface area (Å²) in [5, 5.41) is 1.98. The van der Waals surface area contributed by atoms with Gasteiger partial charge in [0.2, 0.25) is 10.0 Å². The van der Waals surface area contributed by atoms with Gasteiger partial charge in [-0.25, -0.2) is 13.1 Å². The molecule has 0 radical (unpaired) electrons. The van der Waals surface area contributed by atoms with E-state index in [2.05, 4.69) is 9.71 Å². The summed E-state index contributed by atoms with van der Waals surface area (Å²) >= 11 is 1.59. The van der Waals surface area contributed by atoms with Crippen LogP contribution in [0.25, 0.3) is 10.6 Å². The third-order valence-electron chi connectivity index (χ3n) is 3.67. The summed E-state index contributed by atoms with van der Waals surface area (Å²) < 4.78 is 33.1. The molecule has 3 rings (SSSR count). The van der Waals surface area contributed by atoms with E-state index in [0.29, 0.717) is 5.75 Å². The van der Waals surface area contributed by atoms with Crippen LogP contribution in [0.15, 0.2) is 58.9 Å². The Hall–Kier alpha value is -2.22. The molecule has 0 atom stereocenters. The average molecular weight is 374 g/mol. The quantitative estimate of drug-likeness (QED) is 0.716. The second-order valence-electron chi connectivity index (χ2n) is 5.51. The number of methoxy groups -OCH3 is 1. The second-order valence-corrected chi connectivity index (χ2v) is 8.19. The summed E-state index contributed by atoms with van der Waals surface area (Å²) in [5.74, 6) is 0.326. The minimum atomic E-state index is -3.68. The van der Waals surface area contributed by atoms with Gasteiger partial charge in [0.05, 0.1) is 17.7 Å². The molecule has 1 N–H and O–H groups in total. The van der Waals surface area contributed by atoms with E-state index in [9.17, 15) is 8.42 Å². The predicted molar refractivity (Wildman–Crippen MR) is 99.3 cm³/mol. The largest absolute Gasteiger partial charge is 0.495 e. The summed E-state index contributed by atoms with van der Waals surface area (Å²) in [6.45, 7) is 2.02. The topological polar surface area (TPSA) is 68.3 Å². The van der Waals surface area contributed by atoms with Crippen molar-refractivity contribution in [3.8, 4) is 16.3 Å². The van der Waals surface area contributed by atoms with Crippen LogP contribution in [0.2, 0.25) is 0 Å². The molecule has 0 saturated heterocycles. The molecule has 7 heteroatoms. The average Bonchev–Trinajstić information content (AvgIpc) is 3.15. The molecule has 0 aliphatic heterocycles. The molecule has 0 fully saturated rings. The first-order valence-electron chi connectivity index (χ1n) is 7.63. The van der Waals surface area contributed by atoms with Gasteiger partial charge in [-0.2, -0.15) is 0 Å². The zero-order chi connectivity index (χ0) is 17.9. The highest BCUT2D eigenvalue weighted by Crippen LogP contribution is 2.25. The molecule has 0 aliphatic carbocycles. The molecule has 0 unspecified atom stereocenters. The van der Waals surface area contributed by atoms with Crippen molar-refractivity contribution in [1.29, 1.82) is 0 Å². The Morgan fingerprint density at radius 2 is 2.04 bits per heavy atom. The number of ether oxygens (including phenoxy) is 1. The van der Waals surface area contributed by atoms with E-state index < -0.39 is 10.0 Å². The van der Waals surface area contributed by atoms with Crippen LogP contribution in [0.5, 0.6) is 5.75 Å². The molecule has 5 nitrogen and oxygen atoms in total. The molecule has 25 heavy (non-hydrogen) atoms. The van der Waals surface area contributed by atoms with Gasteiger partial charge in [0.1, 0.15) is 10.6 Å². The van der Waals surface area contributed by atoms with Gasteiger partial charge in [0, 0.05) is 12.7 Å². The smallest absolute Gasteiger partial charge is 0.244 e. The Balaban J connectivity index is 1.81. The van der Waals surface area contributed by atoms with Crippen LogP contribution in [0.3, 0.4) is 0 Å². The summed E-state index contributed by atoms with van der Waals surface area (Å²) in [5.41, 5.74) is 2.53. The molecule has 130 valence electrons. The fourth-order valence-corrected chi connectivity index (χ4v) is 4.36. The van der Waals surface area contributed by atoms with E-state index in [1.54, 1.807) is 35.7 Å². The number of pyridine rings is 1. The van der Waals surface area contributed by atoms with Crippen LogP contribution >= 0.6 is 11.3 Å². The minimum Gasteiger partial charge on any atom is -0.495 e. The zero-order valence-corrected chi connectivity index (χ0v) is 15.5. The Morgan fingerprint density at radius 3 is 2.76 bits per heavy atom. The molecule has 2 heterocycles. The number of hydrogen-bond acceptors (Lipinski definition) is 5. The highest BCUT2D eigenvalue weighted by Gasteiger charge is 2.19. The molecule has 0 amide bonds. The maximum atomic E-state index is 12.6. The monoisotopic (exact) mass is 374 g/mol. The van der Waals surface area contributed by atoms with Crippen LogP contribution in [0.1, 0.15) is 11.1 Å². The van der Waals surface area contributed by atoms with Gasteiger partial charge in [0.15, 0.2) is 0 Å². The number of benzene rings is 1. The van der Waals surface area contributed by atoms with Crippen molar-refractivity contribution in [2.75, 3.05) is 7.11 Å². The van der Waals surface area contributed by atoms with Gasteiger partial charge in [-0.1, -0.05) is 12.1 Å². The highest BCUT2D eigenvalue weighted by molar-refractivity contribution is 7.89. The van der Waals surface area contributed by atoms with Crippen LogP contribution < -0.4 is 9.46 Å². The highest BCUT2D eigenvalue weighted by atomic mass is 32.2. The van der Waals surface area contributed by atoms with Gasteiger partial charge >= 0.3 is 0 Å². The lowest BCUT2D eigenvalue weighted by atomic mass is 10.2. The molecule has 0 saturated carbocycles. The van der Waals surface area contributed by atoms with E-state index in [0.717, 1.165) is 21.7 Å². The molecule has 0 bridgehead atoms. The van der Waals surface area contributed by atoms with Crippen LogP contribution in [0.4, 0.5) is 0 Å². The minimum absolute atomic E-state index is 0.141. The number of sulfonamides is 1. The normalized spacial score (nSPS) is 11.4. The third kappa shape index (κ3) is 4.07. The first-order chi connectivity index (χ1) is 12.0. The molecule has 1 aromatic carbocycles. The summed E-state index contributed by atoms with van der Waals surface area (Å²) in [6, 6.07) is 12.7. The van der Waals surface area contributed by atoms with Crippen molar-refractivity contribution in [3.63, 3.8) is 0 Å². The molecule has 3 aromatic rings. The van der Waals surface area contributed by atoms with Gasteiger partial charge in [-0.3, -0.25) is 4.98 Å². The Bertz CT molecular complexity index is 968. The number of nitrogens with zero attached hydrogens (tertiary/aromatic N) is 1. The van der Waals surface area contributed by atoms with Crippen molar-refractivity contribution in [1.82, 2.24) is 9.71 Å². The maximum Gasteiger partial charge on any atom is 0.244 e. The van der Waals surface area contributed by atoms with E-state index in [1.807, 2.05) is 36.6 Å². The van der Waals surface area contributed by atoms with Crippen molar-refractivity contribution in [2.24, 2.45) is 0 Å². The van der Waals surface area contributed by atoms with Gasteiger partial charge in [-0.15, -0.1) is 11.3 Å². The summed E-state index contributed by atoms with van der Waals surface area (Å²) in [6.07, 6.45) is 1.69. The standard InChI is InChI=1S/C18H18N2O3S2/c1-13-5-6-16(23-2)18(10-13)25(21,22)20-12-14-7-8-19-15(11-14)17-4-3-9-24-17/h3-11,20H,12H2,1-2H3. The van der Waals surface area contributed by atoms with Crippen molar-refractivity contribution < 1.29 is 13.2 Å². The number of hydrogen-bond donors (Lipinski definition) is 1.